The third-order valence-corrected chi connectivity index (χ3v) is 8.73. The van der Waals surface area contributed by atoms with Gasteiger partial charge in [0.05, 0.1) is 5.92 Å². The van der Waals surface area contributed by atoms with Crippen LogP contribution in [-0.4, -0.2) is 25.0 Å². The lowest BCUT2D eigenvalue weighted by molar-refractivity contribution is 0.420. The lowest BCUT2D eigenvalue weighted by Gasteiger charge is -2.37. The highest BCUT2D eigenvalue weighted by Crippen LogP contribution is 2.43. The molecule has 0 N–H and O–H groups in total. The maximum atomic E-state index is 4.74. The van der Waals surface area contributed by atoms with Crippen LogP contribution < -0.4 is 0 Å². The van der Waals surface area contributed by atoms with E-state index in [0.717, 1.165) is 34.3 Å². The van der Waals surface area contributed by atoms with Gasteiger partial charge in [-0.3, -0.25) is 0 Å². The van der Waals surface area contributed by atoms with Crippen molar-refractivity contribution in [3.8, 4) is 0 Å². The van der Waals surface area contributed by atoms with E-state index in [-0.39, 0.29) is 10.7 Å². The topological polar surface area (TPSA) is 43.6 Å². The minimum Gasteiger partial charge on any atom is -0.209 e. The normalized spacial score (nSPS) is 13.3. The highest BCUT2D eigenvalue weighted by molar-refractivity contribution is 9.09. The van der Waals surface area contributed by atoms with Crippen molar-refractivity contribution in [2.75, 3.05) is 0 Å². The first-order valence-electron chi connectivity index (χ1n) is 12.4. The Morgan fingerprint density at radius 3 is 1.65 bits per heavy atom. The molecule has 1 aromatic heterocycles. The molecule has 0 aliphatic heterocycles. The molecule has 37 heavy (non-hydrogen) atoms. The largest absolute Gasteiger partial charge is 0.209 e. The van der Waals surface area contributed by atoms with Crippen LogP contribution in [0.15, 0.2) is 115 Å². The zero-order valence-electron chi connectivity index (χ0n) is 20.6. The molecule has 186 valence electrons. The van der Waals surface area contributed by atoms with E-state index in [1.54, 1.807) is 0 Å². The van der Waals surface area contributed by atoms with Gasteiger partial charge in [-0.15, -0.1) is 5.10 Å². The Morgan fingerprint density at radius 1 is 0.730 bits per heavy atom. The number of benzene rings is 4. The van der Waals surface area contributed by atoms with Crippen molar-refractivity contribution in [2.45, 2.75) is 35.0 Å². The summed E-state index contributed by atoms with van der Waals surface area (Å²) in [6.07, 6.45) is 0.923. The molecule has 0 fully saturated rings. The molecule has 2 unspecified atom stereocenters. The van der Waals surface area contributed by atoms with E-state index in [1.807, 2.05) is 22.9 Å². The fraction of sp³-hybridized carbons (Fsp3) is 0.194. The van der Waals surface area contributed by atoms with E-state index in [4.69, 9.17) is 10.3 Å². The van der Waals surface area contributed by atoms with Gasteiger partial charge in [-0.05, 0) is 44.7 Å². The van der Waals surface area contributed by atoms with Gasteiger partial charge in [0.2, 0.25) is 0 Å². The number of halogens is 2. The monoisotopic (exact) mass is 614 g/mol. The zero-order chi connectivity index (χ0) is 25.7. The van der Waals surface area contributed by atoms with E-state index in [9.17, 15) is 0 Å². The van der Waals surface area contributed by atoms with Crippen LogP contribution in [0.4, 0.5) is 0 Å². The predicted molar refractivity (Wildman–Crippen MR) is 156 cm³/mol. The maximum absolute atomic E-state index is 4.74. The van der Waals surface area contributed by atoms with Gasteiger partial charge in [0.1, 0.15) is 5.54 Å². The van der Waals surface area contributed by atoms with E-state index < -0.39 is 5.54 Å². The average molecular weight is 616 g/mol. The van der Waals surface area contributed by atoms with Crippen LogP contribution in [0.1, 0.15) is 52.9 Å². The molecular formula is C31H28Br2N4. The summed E-state index contributed by atoms with van der Waals surface area (Å²) in [6, 6.07) is 40.3. The molecule has 5 aromatic rings. The van der Waals surface area contributed by atoms with Crippen molar-refractivity contribution in [1.82, 2.24) is 20.2 Å². The summed E-state index contributed by atoms with van der Waals surface area (Å²) in [6.45, 7) is 2.19. The first-order chi connectivity index (χ1) is 18.2. The molecule has 4 aromatic carbocycles. The van der Waals surface area contributed by atoms with Crippen molar-refractivity contribution in [1.29, 1.82) is 0 Å². The summed E-state index contributed by atoms with van der Waals surface area (Å²) in [7, 11) is 0. The molecule has 0 saturated heterocycles. The molecular weight excluding hydrogens is 588 g/mol. The molecule has 6 heteroatoms. The molecule has 0 aliphatic rings. The fourth-order valence-corrected chi connectivity index (χ4v) is 6.02. The molecule has 0 spiro atoms. The molecule has 0 bridgehead atoms. The van der Waals surface area contributed by atoms with Gasteiger partial charge in [0, 0.05) is 10.2 Å². The fourth-order valence-electron chi connectivity index (χ4n) is 5.10. The zero-order valence-corrected chi connectivity index (χ0v) is 23.8. The highest BCUT2D eigenvalue weighted by Gasteiger charge is 2.43. The lowest BCUT2D eigenvalue weighted by atomic mass is 9.76. The number of tetrazole rings is 1. The summed E-state index contributed by atoms with van der Waals surface area (Å²) in [5, 5.41) is 14.6. The molecule has 2 atom stereocenters. The Kier molecular flexibility index (Phi) is 7.96. The van der Waals surface area contributed by atoms with E-state index in [0.29, 0.717) is 0 Å². The maximum Gasteiger partial charge on any atom is 0.161 e. The van der Waals surface area contributed by atoms with Crippen LogP contribution >= 0.6 is 31.9 Å². The van der Waals surface area contributed by atoms with Crippen molar-refractivity contribution >= 4 is 31.9 Å². The van der Waals surface area contributed by atoms with Gasteiger partial charge in [0.15, 0.2) is 5.82 Å². The van der Waals surface area contributed by atoms with Gasteiger partial charge in [0.25, 0.3) is 0 Å². The predicted octanol–water partition coefficient (Wildman–Crippen LogP) is 7.71. The van der Waals surface area contributed by atoms with Crippen LogP contribution in [0, 0.1) is 0 Å². The number of hydrogen-bond acceptors (Lipinski definition) is 3. The number of rotatable bonds is 9. The van der Waals surface area contributed by atoms with Crippen LogP contribution in [0.25, 0.3) is 0 Å². The standard InChI is InChI=1S/C31H28Br2N4/c1-2-28(33)29(24-20-18-23(22-32)19-21-24)30-34-35-36-37(30)31(25-12-6-3-7-13-25,26-14-8-4-9-15-26)27-16-10-5-11-17-27/h3-21,28-29H,2,22H2,1H3. The van der Waals surface area contributed by atoms with Crippen LogP contribution in [0.5, 0.6) is 0 Å². The molecule has 0 aliphatic carbocycles. The molecule has 0 saturated carbocycles. The molecule has 0 amide bonds. The number of aromatic nitrogens is 4. The Labute approximate surface area is 235 Å². The number of alkyl halides is 2. The van der Waals surface area contributed by atoms with Gasteiger partial charge in [-0.2, -0.15) is 0 Å². The van der Waals surface area contributed by atoms with Gasteiger partial charge in [-0.25, -0.2) is 4.68 Å². The number of hydrogen-bond donors (Lipinski definition) is 0. The lowest BCUT2D eigenvalue weighted by Crippen LogP contribution is -2.41. The first kappa shape index (κ1) is 25.6. The Hall–Kier alpha value is -3.09. The minimum absolute atomic E-state index is 0.0557. The summed E-state index contributed by atoms with van der Waals surface area (Å²) in [4.78, 5) is 0.145. The van der Waals surface area contributed by atoms with Crippen molar-refractivity contribution in [3.63, 3.8) is 0 Å². The Morgan fingerprint density at radius 2 is 1.22 bits per heavy atom. The summed E-state index contributed by atoms with van der Waals surface area (Å²) >= 11 is 7.56. The second-order valence-electron chi connectivity index (χ2n) is 9.03. The highest BCUT2D eigenvalue weighted by atomic mass is 79.9. The smallest absolute Gasteiger partial charge is 0.161 e. The Balaban J connectivity index is 1.83. The van der Waals surface area contributed by atoms with Gasteiger partial charge < -0.3 is 0 Å². The van der Waals surface area contributed by atoms with Crippen LogP contribution in [0.3, 0.4) is 0 Å². The molecule has 5 rings (SSSR count). The molecule has 4 nitrogen and oxygen atoms in total. The van der Waals surface area contributed by atoms with Gasteiger partial charge in [-0.1, -0.05) is 154 Å². The summed E-state index contributed by atoms with van der Waals surface area (Å²) in [5.41, 5.74) is 4.92. The second kappa shape index (κ2) is 11.5. The Bertz CT molecular complexity index is 1310. The van der Waals surface area contributed by atoms with E-state index in [2.05, 4.69) is 141 Å². The second-order valence-corrected chi connectivity index (χ2v) is 10.8. The third-order valence-electron chi connectivity index (χ3n) is 6.91. The molecule has 0 radical (unpaired) electrons. The van der Waals surface area contributed by atoms with Crippen LogP contribution in [-0.2, 0) is 10.9 Å². The van der Waals surface area contributed by atoms with Crippen molar-refractivity contribution in [3.05, 3.63) is 149 Å². The van der Waals surface area contributed by atoms with Crippen molar-refractivity contribution in [2.24, 2.45) is 0 Å². The van der Waals surface area contributed by atoms with Crippen LogP contribution in [0.2, 0.25) is 0 Å². The average Bonchev–Trinajstić information content (AvgIpc) is 3.45. The van der Waals surface area contributed by atoms with E-state index in [1.165, 1.54) is 11.1 Å². The first-order valence-corrected chi connectivity index (χ1v) is 14.5. The number of nitrogens with zero attached hydrogens (tertiary/aromatic N) is 4. The van der Waals surface area contributed by atoms with Crippen molar-refractivity contribution < 1.29 is 0 Å². The van der Waals surface area contributed by atoms with Gasteiger partial charge >= 0.3 is 0 Å². The summed E-state index contributed by atoms with van der Waals surface area (Å²) < 4.78 is 2.04. The third kappa shape index (κ3) is 4.80. The quantitative estimate of drug-likeness (QED) is 0.126. The minimum atomic E-state index is -0.767. The molecule has 1 heterocycles. The summed E-state index contributed by atoms with van der Waals surface area (Å²) in [5.74, 6) is 0.756. The van der Waals surface area contributed by atoms with E-state index >= 15 is 0 Å². The SMILES string of the molecule is CCC(Br)C(c1ccc(CBr)cc1)c1nnnn1C(c1ccccc1)(c1ccccc1)c1ccccc1.